The molecule has 9 nitrogen and oxygen atoms in total. The maximum Gasteiger partial charge on any atom is 0.308 e. The van der Waals surface area contributed by atoms with Gasteiger partial charge in [-0.1, -0.05) is 39.8 Å². The summed E-state index contributed by atoms with van der Waals surface area (Å²) < 4.78 is 12.7. The van der Waals surface area contributed by atoms with E-state index in [4.69, 9.17) is 9.47 Å². The highest BCUT2D eigenvalue weighted by Crippen LogP contribution is 2.27. The normalized spacial score (nSPS) is 11.0. The third-order valence-electron chi connectivity index (χ3n) is 5.01. The van der Waals surface area contributed by atoms with E-state index in [0.29, 0.717) is 33.1 Å². The number of esters is 1. The number of fused-ring (bicyclic) bond motifs is 1. The second kappa shape index (κ2) is 11.8. The summed E-state index contributed by atoms with van der Waals surface area (Å²) in [4.78, 5) is 41.6. The van der Waals surface area contributed by atoms with Crippen LogP contribution in [0.4, 0.5) is 0 Å². The predicted molar refractivity (Wildman–Crippen MR) is 146 cm³/mol. The van der Waals surface area contributed by atoms with Crippen LogP contribution in [-0.4, -0.2) is 40.5 Å². The molecule has 0 aliphatic rings. The molecule has 0 radical (unpaired) electrons. The molecule has 0 saturated heterocycles. The zero-order valence-corrected chi connectivity index (χ0v) is 22.2. The molecule has 0 spiro atoms. The number of hydrazone groups is 1. The lowest BCUT2D eigenvalue weighted by molar-refractivity contribution is -0.132. The van der Waals surface area contributed by atoms with Gasteiger partial charge in [0.05, 0.1) is 35.7 Å². The number of amides is 1. The highest BCUT2D eigenvalue weighted by molar-refractivity contribution is 9.10. The Morgan fingerprint density at radius 2 is 1.86 bits per heavy atom. The number of thioether (sulfide) groups is 1. The summed E-state index contributed by atoms with van der Waals surface area (Å²) in [6.07, 6.45) is 1.44. The Labute approximate surface area is 224 Å². The molecule has 37 heavy (non-hydrogen) atoms. The molecule has 0 bridgehead atoms. The van der Waals surface area contributed by atoms with E-state index in [2.05, 4.69) is 31.4 Å². The van der Waals surface area contributed by atoms with Gasteiger partial charge in [0.25, 0.3) is 11.5 Å². The van der Waals surface area contributed by atoms with Crippen LogP contribution in [0, 0.1) is 0 Å². The molecule has 1 N–H and O–H groups in total. The second-order valence-corrected chi connectivity index (χ2v) is 9.47. The first kappa shape index (κ1) is 26.1. The molecule has 0 saturated carbocycles. The lowest BCUT2D eigenvalue weighted by atomic mass is 10.2. The van der Waals surface area contributed by atoms with Crippen LogP contribution in [0.15, 0.2) is 86.3 Å². The molecule has 1 heterocycles. The minimum Gasteiger partial charge on any atom is -0.493 e. The van der Waals surface area contributed by atoms with Crippen molar-refractivity contribution in [1.82, 2.24) is 15.0 Å². The van der Waals surface area contributed by atoms with E-state index in [1.54, 1.807) is 48.5 Å². The zero-order chi connectivity index (χ0) is 26.4. The van der Waals surface area contributed by atoms with Crippen LogP contribution in [0.25, 0.3) is 16.6 Å². The molecule has 0 aliphatic carbocycles. The van der Waals surface area contributed by atoms with Crippen molar-refractivity contribution >= 4 is 56.7 Å². The Hall–Kier alpha value is -3.96. The topological polar surface area (TPSA) is 112 Å². The van der Waals surface area contributed by atoms with Gasteiger partial charge in [-0.2, -0.15) is 5.10 Å². The van der Waals surface area contributed by atoms with Gasteiger partial charge in [0, 0.05) is 11.4 Å². The summed E-state index contributed by atoms with van der Waals surface area (Å²) in [6, 6.07) is 19.2. The van der Waals surface area contributed by atoms with Gasteiger partial charge in [0.2, 0.25) is 0 Å². The first-order valence-electron chi connectivity index (χ1n) is 10.9. The number of hydrogen-bond acceptors (Lipinski definition) is 8. The summed E-state index contributed by atoms with van der Waals surface area (Å²) in [7, 11) is 1.46. The summed E-state index contributed by atoms with van der Waals surface area (Å²) in [5.74, 6) is -0.222. The zero-order valence-electron chi connectivity index (χ0n) is 19.8. The number of nitrogens with zero attached hydrogens (tertiary/aromatic N) is 3. The number of carbonyl (C=O) groups excluding carboxylic acids is 2. The molecule has 1 aromatic heterocycles. The van der Waals surface area contributed by atoms with Crippen LogP contribution in [-0.2, 0) is 9.59 Å². The maximum atomic E-state index is 13.3. The van der Waals surface area contributed by atoms with Crippen molar-refractivity contribution in [2.45, 2.75) is 12.1 Å². The minimum atomic E-state index is -0.462. The summed E-state index contributed by atoms with van der Waals surface area (Å²) in [6.45, 7) is 1.30. The van der Waals surface area contributed by atoms with Crippen LogP contribution in [0.2, 0.25) is 0 Å². The Balaban J connectivity index is 1.49. The fraction of sp³-hybridized carbons (Fsp3) is 0.115. The van der Waals surface area contributed by atoms with E-state index < -0.39 is 5.97 Å². The Morgan fingerprint density at radius 3 is 2.59 bits per heavy atom. The first-order chi connectivity index (χ1) is 17.9. The van der Waals surface area contributed by atoms with Crippen molar-refractivity contribution in [3.63, 3.8) is 0 Å². The van der Waals surface area contributed by atoms with Gasteiger partial charge in [-0.3, -0.25) is 19.0 Å². The minimum absolute atomic E-state index is 0.0205. The van der Waals surface area contributed by atoms with Gasteiger partial charge in [0.15, 0.2) is 16.7 Å². The monoisotopic (exact) mass is 580 g/mol. The van der Waals surface area contributed by atoms with Crippen molar-refractivity contribution in [1.29, 1.82) is 0 Å². The van der Waals surface area contributed by atoms with Gasteiger partial charge in [-0.25, -0.2) is 10.4 Å². The average molecular weight is 581 g/mol. The fourth-order valence-corrected chi connectivity index (χ4v) is 4.44. The molecule has 0 aliphatic heterocycles. The van der Waals surface area contributed by atoms with E-state index in [-0.39, 0.29) is 23.0 Å². The van der Waals surface area contributed by atoms with Gasteiger partial charge >= 0.3 is 5.97 Å². The molecule has 4 aromatic rings. The fourth-order valence-electron chi connectivity index (χ4n) is 3.37. The Kier molecular flexibility index (Phi) is 8.36. The number of methoxy groups -OCH3 is 1. The lowest BCUT2D eigenvalue weighted by Gasteiger charge is -2.13. The van der Waals surface area contributed by atoms with Crippen molar-refractivity contribution < 1.29 is 19.1 Å². The van der Waals surface area contributed by atoms with Crippen molar-refractivity contribution in [2.24, 2.45) is 5.10 Å². The molecule has 0 unspecified atom stereocenters. The number of rotatable bonds is 8. The van der Waals surface area contributed by atoms with E-state index in [1.165, 1.54) is 24.8 Å². The van der Waals surface area contributed by atoms with E-state index in [1.807, 2.05) is 18.2 Å². The number of aromatic nitrogens is 2. The second-order valence-electron chi connectivity index (χ2n) is 7.61. The molecular formula is C26H21BrN4O5S. The highest BCUT2D eigenvalue weighted by atomic mass is 79.9. The Bertz CT molecular complexity index is 1550. The standard InChI is InChI=1S/C26H21BrN4O5S/c1-16(32)36-22-12-7-17(13-23(22)35-2)14-28-30-24(33)15-37-26-29-21-6-4-3-5-20(21)25(34)31(26)19-10-8-18(27)9-11-19/h3-14H,15H2,1-2H3,(H,30,33)/b28-14+. The molecule has 11 heteroatoms. The number of benzene rings is 3. The number of ether oxygens (including phenoxy) is 2. The molecular weight excluding hydrogens is 560 g/mol. The number of nitrogens with one attached hydrogen (secondary N) is 1. The highest BCUT2D eigenvalue weighted by Gasteiger charge is 2.15. The number of hydrogen-bond donors (Lipinski definition) is 1. The van der Waals surface area contributed by atoms with Gasteiger partial charge in [0.1, 0.15) is 0 Å². The van der Waals surface area contributed by atoms with Gasteiger partial charge in [-0.05, 0) is 60.2 Å². The summed E-state index contributed by atoms with van der Waals surface area (Å²) in [5, 5.41) is 4.85. The summed E-state index contributed by atoms with van der Waals surface area (Å²) in [5.41, 5.74) is 4.06. The van der Waals surface area contributed by atoms with E-state index in [9.17, 15) is 14.4 Å². The molecule has 1 amide bonds. The molecule has 3 aromatic carbocycles. The number of halogens is 1. The van der Waals surface area contributed by atoms with Gasteiger partial charge < -0.3 is 9.47 Å². The van der Waals surface area contributed by atoms with E-state index in [0.717, 1.165) is 16.2 Å². The third kappa shape index (κ3) is 6.43. The average Bonchev–Trinajstić information content (AvgIpc) is 2.89. The third-order valence-corrected chi connectivity index (χ3v) is 6.47. The maximum absolute atomic E-state index is 13.3. The number of carbonyl (C=O) groups is 2. The van der Waals surface area contributed by atoms with Crippen molar-refractivity contribution in [3.8, 4) is 17.2 Å². The van der Waals surface area contributed by atoms with Crippen LogP contribution in [0.3, 0.4) is 0 Å². The van der Waals surface area contributed by atoms with Crippen LogP contribution >= 0.6 is 27.7 Å². The van der Waals surface area contributed by atoms with Crippen molar-refractivity contribution in [3.05, 3.63) is 87.1 Å². The first-order valence-corrected chi connectivity index (χ1v) is 12.7. The smallest absolute Gasteiger partial charge is 0.308 e. The number of para-hydroxylation sites is 1. The molecule has 0 atom stereocenters. The van der Waals surface area contributed by atoms with Crippen molar-refractivity contribution in [2.75, 3.05) is 12.9 Å². The largest absolute Gasteiger partial charge is 0.493 e. The van der Waals surface area contributed by atoms with Crippen LogP contribution in [0.5, 0.6) is 11.5 Å². The molecule has 0 fully saturated rings. The van der Waals surface area contributed by atoms with Crippen LogP contribution in [0.1, 0.15) is 12.5 Å². The van der Waals surface area contributed by atoms with E-state index >= 15 is 0 Å². The Morgan fingerprint density at radius 1 is 1.11 bits per heavy atom. The quantitative estimate of drug-likeness (QED) is 0.0824. The molecule has 4 rings (SSSR count). The van der Waals surface area contributed by atoms with Gasteiger partial charge in [-0.15, -0.1) is 0 Å². The van der Waals surface area contributed by atoms with Crippen LogP contribution < -0.4 is 20.5 Å². The molecule has 188 valence electrons. The lowest BCUT2D eigenvalue weighted by Crippen LogP contribution is -2.24. The predicted octanol–water partition coefficient (Wildman–Crippen LogP) is 4.32. The SMILES string of the molecule is COc1cc(/C=N/NC(=O)CSc2nc3ccccc3c(=O)n2-c2ccc(Br)cc2)ccc1OC(C)=O. The summed E-state index contributed by atoms with van der Waals surface area (Å²) >= 11 is 4.53.